The third-order valence-electron chi connectivity index (χ3n) is 6.81. The molecule has 0 fully saturated rings. The third kappa shape index (κ3) is 6.48. The van der Waals surface area contributed by atoms with Gasteiger partial charge < -0.3 is 18.8 Å². The Balaban J connectivity index is 1.40. The first-order valence-corrected chi connectivity index (χ1v) is 13.5. The number of fused-ring (bicyclic) bond motifs is 1. The van der Waals surface area contributed by atoms with Crippen molar-refractivity contribution in [2.24, 2.45) is 0 Å². The van der Waals surface area contributed by atoms with E-state index >= 15 is 4.39 Å². The van der Waals surface area contributed by atoms with Gasteiger partial charge in [0, 0.05) is 42.3 Å². The molecule has 5 aromatic rings. The molecule has 0 atom stereocenters. The number of pyridine rings is 1. The molecule has 0 aliphatic carbocycles. The van der Waals surface area contributed by atoms with Gasteiger partial charge in [-0.25, -0.2) is 23.5 Å². The SMILES string of the molecule is COCCn1c(Cc2cc(F)c(-c3cccc(OCc4ccc(C#N)cc4F)n3)cc2Cl)nc2ccc(C(=O)OC)cc21. The van der Waals surface area contributed by atoms with Crippen molar-refractivity contribution in [2.75, 3.05) is 20.8 Å². The molecule has 8 nitrogen and oxygen atoms in total. The molecule has 218 valence electrons. The van der Waals surface area contributed by atoms with Gasteiger partial charge in [-0.3, -0.25) is 0 Å². The number of esters is 1. The van der Waals surface area contributed by atoms with Gasteiger partial charge in [-0.05, 0) is 54.1 Å². The lowest BCUT2D eigenvalue weighted by molar-refractivity contribution is 0.0601. The summed E-state index contributed by atoms with van der Waals surface area (Å²) in [7, 11) is 2.90. The summed E-state index contributed by atoms with van der Waals surface area (Å²) < 4.78 is 47.4. The lowest BCUT2D eigenvalue weighted by Crippen LogP contribution is -2.10. The summed E-state index contributed by atoms with van der Waals surface area (Å²) in [6.45, 7) is 0.722. The average Bonchev–Trinajstić information content (AvgIpc) is 3.36. The van der Waals surface area contributed by atoms with Crippen LogP contribution in [0.5, 0.6) is 5.88 Å². The second-order valence-corrected chi connectivity index (χ2v) is 9.94. The van der Waals surface area contributed by atoms with Gasteiger partial charge in [0.05, 0.1) is 47.6 Å². The molecule has 0 bridgehead atoms. The quantitative estimate of drug-likeness (QED) is 0.168. The smallest absolute Gasteiger partial charge is 0.337 e. The number of hydrogen-bond acceptors (Lipinski definition) is 7. The molecule has 0 aliphatic heterocycles. The van der Waals surface area contributed by atoms with E-state index in [0.29, 0.717) is 46.2 Å². The summed E-state index contributed by atoms with van der Waals surface area (Å²) in [6.07, 6.45) is 0.217. The topological polar surface area (TPSA) is 99.3 Å². The number of benzene rings is 3. The van der Waals surface area contributed by atoms with Gasteiger partial charge in [0.15, 0.2) is 0 Å². The van der Waals surface area contributed by atoms with E-state index in [0.717, 1.165) is 6.07 Å². The van der Waals surface area contributed by atoms with E-state index in [4.69, 9.17) is 36.1 Å². The molecule has 2 heterocycles. The van der Waals surface area contributed by atoms with E-state index < -0.39 is 17.6 Å². The molecule has 0 N–H and O–H groups in total. The molecule has 3 aromatic carbocycles. The van der Waals surface area contributed by atoms with E-state index in [1.54, 1.807) is 43.5 Å². The van der Waals surface area contributed by atoms with Crippen molar-refractivity contribution in [3.05, 3.63) is 111 Å². The summed E-state index contributed by atoms with van der Waals surface area (Å²) in [5, 5.41) is 9.23. The summed E-state index contributed by atoms with van der Waals surface area (Å²) in [4.78, 5) is 21.2. The fourth-order valence-corrected chi connectivity index (χ4v) is 4.84. The molecule has 2 aromatic heterocycles. The highest BCUT2D eigenvalue weighted by Crippen LogP contribution is 2.31. The molecule has 43 heavy (non-hydrogen) atoms. The van der Waals surface area contributed by atoms with Crippen molar-refractivity contribution in [3.63, 3.8) is 0 Å². The van der Waals surface area contributed by atoms with E-state index in [2.05, 4.69) is 4.98 Å². The molecule has 0 radical (unpaired) electrons. The van der Waals surface area contributed by atoms with Crippen molar-refractivity contribution < 1.29 is 27.8 Å². The van der Waals surface area contributed by atoms with Crippen LogP contribution >= 0.6 is 11.6 Å². The molecule has 0 aliphatic rings. The van der Waals surface area contributed by atoms with Gasteiger partial charge in [0.25, 0.3) is 0 Å². The summed E-state index contributed by atoms with van der Waals surface area (Å²) >= 11 is 6.65. The Kier molecular flexibility index (Phi) is 8.95. The second-order valence-electron chi connectivity index (χ2n) is 9.54. The number of carbonyl (C=O) groups excluding carboxylic acids is 1. The van der Waals surface area contributed by atoms with Crippen LogP contribution < -0.4 is 4.74 Å². The number of aromatic nitrogens is 3. The zero-order valence-electron chi connectivity index (χ0n) is 23.2. The highest BCUT2D eigenvalue weighted by Gasteiger charge is 2.18. The first-order chi connectivity index (χ1) is 20.8. The Bertz CT molecular complexity index is 1870. The first-order valence-electron chi connectivity index (χ1n) is 13.1. The maximum absolute atomic E-state index is 15.5. The molecule has 0 spiro atoms. The molecular formula is C32H25ClF2N4O4. The van der Waals surface area contributed by atoms with Crippen LogP contribution in [0.15, 0.2) is 66.7 Å². The maximum Gasteiger partial charge on any atom is 0.337 e. The second kappa shape index (κ2) is 13.0. The number of halogens is 3. The number of ether oxygens (including phenoxy) is 3. The van der Waals surface area contributed by atoms with E-state index in [1.165, 1.54) is 31.4 Å². The van der Waals surface area contributed by atoms with Crippen LogP contribution in [-0.4, -0.2) is 41.3 Å². The van der Waals surface area contributed by atoms with Gasteiger partial charge in [-0.15, -0.1) is 0 Å². The van der Waals surface area contributed by atoms with Gasteiger partial charge in [-0.1, -0.05) is 23.7 Å². The lowest BCUT2D eigenvalue weighted by atomic mass is 10.0. The van der Waals surface area contributed by atoms with Crippen molar-refractivity contribution in [1.29, 1.82) is 5.26 Å². The van der Waals surface area contributed by atoms with Gasteiger partial charge in [-0.2, -0.15) is 5.26 Å². The molecule has 11 heteroatoms. The average molecular weight is 603 g/mol. The van der Waals surface area contributed by atoms with Crippen LogP contribution in [0.1, 0.15) is 32.9 Å². The van der Waals surface area contributed by atoms with Crippen LogP contribution in [0.3, 0.4) is 0 Å². The fraction of sp³-hybridized carbons (Fsp3) is 0.188. The predicted molar refractivity (Wildman–Crippen MR) is 156 cm³/mol. The van der Waals surface area contributed by atoms with Crippen LogP contribution in [0, 0.1) is 23.0 Å². The van der Waals surface area contributed by atoms with Crippen molar-refractivity contribution in [3.8, 4) is 23.2 Å². The minimum Gasteiger partial charge on any atom is -0.473 e. The number of rotatable bonds is 10. The van der Waals surface area contributed by atoms with Crippen molar-refractivity contribution in [1.82, 2.24) is 14.5 Å². The van der Waals surface area contributed by atoms with E-state index in [-0.39, 0.29) is 41.3 Å². The first kappa shape index (κ1) is 29.6. The van der Waals surface area contributed by atoms with Crippen LogP contribution in [0.25, 0.3) is 22.3 Å². The van der Waals surface area contributed by atoms with E-state index in [1.807, 2.05) is 10.6 Å². The van der Waals surface area contributed by atoms with Crippen molar-refractivity contribution in [2.45, 2.75) is 19.6 Å². The normalized spacial score (nSPS) is 11.0. The molecule has 0 saturated heterocycles. The van der Waals surface area contributed by atoms with Gasteiger partial charge in [0.2, 0.25) is 5.88 Å². The fourth-order valence-electron chi connectivity index (χ4n) is 4.61. The molecule has 0 unspecified atom stereocenters. The van der Waals surface area contributed by atoms with E-state index in [9.17, 15) is 9.18 Å². The minimum absolute atomic E-state index is 0.124. The van der Waals surface area contributed by atoms with Gasteiger partial charge in [0.1, 0.15) is 24.1 Å². The van der Waals surface area contributed by atoms with Crippen LogP contribution in [0.4, 0.5) is 8.78 Å². The molecule has 0 amide bonds. The predicted octanol–water partition coefficient (Wildman–Crippen LogP) is 6.50. The molecule has 5 rings (SSSR count). The number of nitriles is 1. The Morgan fingerprint density at radius 3 is 2.58 bits per heavy atom. The molecular weight excluding hydrogens is 578 g/mol. The summed E-state index contributed by atoms with van der Waals surface area (Å²) in [5.74, 6) is -0.795. The zero-order valence-corrected chi connectivity index (χ0v) is 24.0. The Hall–Kier alpha value is -4.85. The van der Waals surface area contributed by atoms with Crippen LogP contribution in [-0.2, 0) is 29.0 Å². The lowest BCUT2D eigenvalue weighted by Gasteiger charge is -2.12. The molecule has 0 saturated carbocycles. The Morgan fingerprint density at radius 2 is 1.84 bits per heavy atom. The number of hydrogen-bond donors (Lipinski definition) is 0. The standard InChI is InChI=1S/C32H25ClF2N4O4/c1-41-11-10-39-29-14-20(32(40)42-2)8-9-28(29)37-30(39)15-22-13-26(35)23(16-24(22)33)27-4-3-5-31(38-27)43-18-21-7-6-19(17-36)12-25(21)34/h3-9,12-14,16H,10-11,15,18H2,1-2H3. The zero-order chi connectivity index (χ0) is 30.5. The monoisotopic (exact) mass is 602 g/mol. The van der Waals surface area contributed by atoms with Crippen molar-refractivity contribution >= 4 is 28.6 Å². The van der Waals surface area contributed by atoms with Gasteiger partial charge >= 0.3 is 5.97 Å². The van der Waals surface area contributed by atoms with Crippen LogP contribution in [0.2, 0.25) is 5.02 Å². The summed E-state index contributed by atoms with van der Waals surface area (Å²) in [5.41, 5.74) is 3.17. The Labute approximate surface area is 251 Å². The minimum atomic E-state index is -0.566. The number of methoxy groups -OCH3 is 2. The third-order valence-corrected chi connectivity index (χ3v) is 7.16. The number of nitrogens with zero attached hydrogens (tertiary/aromatic N) is 4. The summed E-state index contributed by atoms with van der Waals surface area (Å²) in [6, 6.07) is 18.7. The number of carbonyl (C=O) groups is 1. The highest BCUT2D eigenvalue weighted by atomic mass is 35.5. The number of imidazole rings is 1. The Morgan fingerprint density at radius 1 is 1.00 bits per heavy atom. The largest absolute Gasteiger partial charge is 0.473 e. The maximum atomic E-state index is 15.5. The highest BCUT2D eigenvalue weighted by molar-refractivity contribution is 6.31.